The minimum Gasteiger partial charge on any atom is -0.490 e. The molecule has 9 nitrogen and oxygen atoms in total. The number of aliphatic hydroxyl groups excluding tert-OH is 1. The predicted molar refractivity (Wildman–Crippen MR) is 165 cm³/mol. The lowest BCUT2D eigenvalue weighted by Gasteiger charge is -2.36. The van der Waals surface area contributed by atoms with Gasteiger partial charge in [0.2, 0.25) is 11.8 Å². The summed E-state index contributed by atoms with van der Waals surface area (Å²) in [5, 5.41) is 12.6. The molecule has 1 aliphatic heterocycles. The number of likely N-dealkylation sites (N-methyl/N-ethyl adjacent to an activating group) is 1. The molecule has 12 heteroatoms. The highest BCUT2D eigenvalue weighted by atomic mass is 19.4. The Morgan fingerprint density at radius 3 is 2.47 bits per heavy atom. The zero-order valence-corrected chi connectivity index (χ0v) is 27.0. The number of hydrogen-bond acceptors (Lipinski definition) is 6. The van der Waals surface area contributed by atoms with Gasteiger partial charge in [0.25, 0.3) is 5.91 Å². The van der Waals surface area contributed by atoms with E-state index in [1.165, 1.54) is 23.1 Å². The molecule has 1 aromatic carbocycles. The van der Waals surface area contributed by atoms with Gasteiger partial charge in [-0.15, -0.1) is 0 Å². The first-order valence-corrected chi connectivity index (χ1v) is 16.2. The molecule has 0 aromatic heterocycles. The van der Waals surface area contributed by atoms with Gasteiger partial charge >= 0.3 is 6.18 Å². The molecule has 45 heavy (non-hydrogen) atoms. The minimum atomic E-state index is -4.47. The quantitative estimate of drug-likeness (QED) is 0.372. The van der Waals surface area contributed by atoms with E-state index in [0.717, 1.165) is 44.9 Å². The van der Waals surface area contributed by atoms with Crippen LogP contribution in [0, 0.1) is 11.8 Å². The molecule has 1 heterocycles. The summed E-state index contributed by atoms with van der Waals surface area (Å²) < 4.78 is 50.5. The number of carbonyl (C=O) groups excluding carboxylic acids is 3. The van der Waals surface area contributed by atoms with Crippen LogP contribution in [0.1, 0.15) is 95.3 Å². The first-order valence-electron chi connectivity index (χ1n) is 16.2. The highest BCUT2D eigenvalue weighted by Gasteiger charge is 2.33. The number of alkyl halides is 3. The Morgan fingerprint density at radius 2 is 1.80 bits per heavy atom. The van der Waals surface area contributed by atoms with E-state index in [4.69, 9.17) is 9.47 Å². The molecule has 3 amide bonds. The summed E-state index contributed by atoms with van der Waals surface area (Å²) in [6, 6.07) is 3.86. The first kappa shape index (κ1) is 36.6. The van der Waals surface area contributed by atoms with Crippen molar-refractivity contribution in [2.75, 3.05) is 38.7 Å². The molecule has 0 radical (unpaired) electrons. The van der Waals surface area contributed by atoms with E-state index in [2.05, 4.69) is 5.32 Å². The maximum Gasteiger partial charge on any atom is 0.389 e. The number of rotatable bonds is 8. The molecule has 1 aromatic rings. The third kappa shape index (κ3) is 11.5. The van der Waals surface area contributed by atoms with E-state index in [0.29, 0.717) is 19.6 Å². The molecule has 0 saturated heterocycles. The number of fused-ring (bicyclic) bond motifs is 1. The molecular formula is C33H50F3N3O6. The third-order valence-corrected chi connectivity index (χ3v) is 8.76. The van der Waals surface area contributed by atoms with Crippen LogP contribution >= 0.6 is 0 Å². The minimum absolute atomic E-state index is 0.0196. The number of aliphatic hydroxyl groups is 1. The summed E-state index contributed by atoms with van der Waals surface area (Å²) in [5.41, 5.74) is 0.294. The van der Waals surface area contributed by atoms with Crippen LogP contribution in [-0.4, -0.2) is 90.4 Å². The number of benzene rings is 1. The number of carbonyl (C=O) groups is 3. The van der Waals surface area contributed by atoms with Gasteiger partial charge in [-0.25, -0.2) is 0 Å². The van der Waals surface area contributed by atoms with Crippen molar-refractivity contribution >= 4 is 23.4 Å². The number of nitrogens with zero attached hydrogens (tertiary/aromatic N) is 2. The van der Waals surface area contributed by atoms with E-state index < -0.39 is 36.9 Å². The summed E-state index contributed by atoms with van der Waals surface area (Å²) >= 11 is 0. The largest absolute Gasteiger partial charge is 0.490 e. The van der Waals surface area contributed by atoms with Crippen molar-refractivity contribution in [1.29, 1.82) is 0 Å². The zero-order chi connectivity index (χ0) is 33.1. The van der Waals surface area contributed by atoms with E-state index in [9.17, 15) is 32.7 Å². The number of ether oxygens (including phenoxy) is 2. The van der Waals surface area contributed by atoms with Crippen molar-refractivity contribution in [3.05, 3.63) is 23.8 Å². The summed E-state index contributed by atoms with van der Waals surface area (Å²) in [5.74, 6) is -1.08. The monoisotopic (exact) mass is 641 g/mol. The lowest BCUT2D eigenvalue weighted by molar-refractivity contribution is -0.142. The van der Waals surface area contributed by atoms with Crippen LogP contribution in [0.4, 0.5) is 18.9 Å². The number of amides is 3. The van der Waals surface area contributed by atoms with E-state index in [1.807, 2.05) is 13.8 Å². The molecule has 2 aliphatic rings. The molecule has 0 bridgehead atoms. The molecule has 0 unspecified atom stereocenters. The van der Waals surface area contributed by atoms with Gasteiger partial charge in [-0.1, -0.05) is 26.2 Å². The Hall–Kier alpha value is -2.86. The topological polar surface area (TPSA) is 108 Å². The summed E-state index contributed by atoms with van der Waals surface area (Å²) in [4.78, 5) is 43.0. The first-order chi connectivity index (χ1) is 21.3. The van der Waals surface area contributed by atoms with Crippen LogP contribution < -0.4 is 10.1 Å². The van der Waals surface area contributed by atoms with Crippen molar-refractivity contribution in [3.8, 4) is 5.75 Å². The van der Waals surface area contributed by atoms with Crippen molar-refractivity contribution in [3.63, 3.8) is 0 Å². The average Bonchev–Trinajstić information content (AvgIpc) is 3.01. The zero-order valence-electron chi connectivity index (χ0n) is 27.0. The maximum atomic E-state index is 14.2. The number of anilines is 1. The second kappa shape index (κ2) is 17.2. The molecule has 3 rings (SSSR count). The standard InChI is InChI=1S/C33H50F3N3O6/c1-22-19-39(23(2)21-40)32(43)27-18-26(37-30(41)15-16-33(34,35)36)13-14-28(27)45-24(3)10-8-9-17-44-29(22)20-38(4)31(42)25-11-6-5-7-12-25/h13-14,18,22-25,29,40H,5-12,15-17,19-21H2,1-4H3,(H,37,41)/t22-,23-,24+,29+/m1/s1. The number of hydrogen-bond donors (Lipinski definition) is 2. The molecule has 1 aliphatic carbocycles. The summed E-state index contributed by atoms with van der Waals surface area (Å²) in [6.45, 7) is 6.31. The average molecular weight is 642 g/mol. The fourth-order valence-corrected chi connectivity index (χ4v) is 5.96. The number of halogens is 3. The molecule has 254 valence electrons. The fourth-order valence-electron chi connectivity index (χ4n) is 5.96. The van der Waals surface area contributed by atoms with E-state index >= 15 is 0 Å². The van der Waals surface area contributed by atoms with Gasteiger partial charge in [-0.05, 0) is 64.2 Å². The highest BCUT2D eigenvalue weighted by Crippen LogP contribution is 2.30. The maximum absolute atomic E-state index is 14.2. The van der Waals surface area contributed by atoms with Crippen LogP contribution in [0.25, 0.3) is 0 Å². The van der Waals surface area contributed by atoms with Crippen molar-refractivity contribution in [2.24, 2.45) is 11.8 Å². The predicted octanol–water partition coefficient (Wildman–Crippen LogP) is 5.80. The van der Waals surface area contributed by atoms with Gasteiger partial charge in [-0.2, -0.15) is 13.2 Å². The Balaban J connectivity index is 1.88. The summed E-state index contributed by atoms with van der Waals surface area (Å²) in [6.07, 6.45) is 0.238. The molecule has 1 fully saturated rings. The SMILES string of the molecule is C[C@@H]1CN([C@H](C)CO)C(=O)c2cc(NC(=O)CCC(F)(F)F)ccc2O[C@@H](C)CCCCO[C@H]1CN(C)C(=O)C1CCCCC1. The summed E-state index contributed by atoms with van der Waals surface area (Å²) in [7, 11) is 1.80. The Kier molecular flexibility index (Phi) is 14.0. The lowest BCUT2D eigenvalue weighted by Crippen LogP contribution is -2.48. The third-order valence-electron chi connectivity index (χ3n) is 8.76. The molecule has 1 saturated carbocycles. The molecule has 2 N–H and O–H groups in total. The fraction of sp³-hybridized carbons (Fsp3) is 0.727. The van der Waals surface area contributed by atoms with Gasteiger partial charge in [0, 0.05) is 50.7 Å². The van der Waals surface area contributed by atoms with Crippen LogP contribution in [-0.2, 0) is 14.3 Å². The Morgan fingerprint density at radius 1 is 1.11 bits per heavy atom. The van der Waals surface area contributed by atoms with Crippen molar-refractivity contribution in [2.45, 2.75) is 109 Å². The van der Waals surface area contributed by atoms with Crippen molar-refractivity contribution in [1.82, 2.24) is 9.80 Å². The van der Waals surface area contributed by atoms with Gasteiger partial charge < -0.3 is 29.7 Å². The van der Waals surface area contributed by atoms with Gasteiger partial charge in [-0.3, -0.25) is 14.4 Å². The molecule has 4 atom stereocenters. The van der Waals surface area contributed by atoms with Gasteiger partial charge in [0.05, 0.1) is 36.8 Å². The van der Waals surface area contributed by atoms with Crippen LogP contribution in [0.3, 0.4) is 0 Å². The van der Waals surface area contributed by atoms with Gasteiger partial charge in [0.1, 0.15) is 5.75 Å². The second-order valence-corrected chi connectivity index (χ2v) is 12.7. The smallest absolute Gasteiger partial charge is 0.389 e. The van der Waals surface area contributed by atoms with Crippen LogP contribution in [0.15, 0.2) is 18.2 Å². The Labute approximate surface area is 264 Å². The Bertz CT molecular complexity index is 1130. The van der Waals surface area contributed by atoms with E-state index in [-0.39, 0.29) is 60.1 Å². The van der Waals surface area contributed by atoms with Gasteiger partial charge in [0.15, 0.2) is 0 Å². The number of nitrogens with one attached hydrogen (secondary N) is 1. The van der Waals surface area contributed by atoms with Crippen LogP contribution in [0.5, 0.6) is 5.75 Å². The van der Waals surface area contributed by atoms with Crippen LogP contribution in [0.2, 0.25) is 0 Å². The van der Waals surface area contributed by atoms with Crippen molar-refractivity contribution < 1.29 is 42.1 Å². The second-order valence-electron chi connectivity index (χ2n) is 12.7. The highest BCUT2D eigenvalue weighted by molar-refractivity contribution is 5.99. The van der Waals surface area contributed by atoms with E-state index in [1.54, 1.807) is 18.9 Å². The lowest BCUT2D eigenvalue weighted by atomic mass is 9.88. The molecular weight excluding hydrogens is 591 g/mol. The molecule has 0 spiro atoms. The normalized spacial score (nSPS) is 23.3.